The van der Waals surface area contributed by atoms with E-state index in [1.807, 2.05) is 36.4 Å². The van der Waals surface area contributed by atoms with Crippen molar-refractivity contribution in [3.63, 3.8) is 0 Å². The zero-order valence-electron chi connectivity index (χ0n) is 10.1. The van der Waals surface area contributed by atoms with Crippen LogP contribution in [0.2, 0.25) is 0 Å². The van der Waals surface area contributed by atoms with Crippen molar-refractivity contribution in [2.75, 3.05) is 0 Å². The summed E-state index contributed by atoms with van der Waals surface area (Å²) in [6.07, 6.45) is 3.19. The first-order valence-corrected chi connectivity index (χ1v) is 6.29. The molecule has 0 unspecified atom stereocenters. The molecule has 0 saturated carbocycles. The van der Waals surface area contributed by atoms with Gasteiger partial charge in [-0.05, 0) is 30.4 Å². The van der Waals surface area contributed by atoms with E-state index in [1.165, 1.54) is 11.1 Å². The number of oxime groups is 1. The van der Waals surface area contributed by atoms with Gasteiger partial charge in [0.1, 0.15) is 5.71 Å². The summed E-state index contributed by atoms with van der Waals surface area (Å²) in [7, 11) is 0. The van der Waals surface area contributed by atoms with Crippen molar-refractivity contribution >= 4 is 5.71 Å². The Bertz CT molecular complexity index is 552. The van der Waals surface area contributed by atoms with Gasteiger partial charge in [-0.25, -0.2) is 0 Å². The van der Waals surface area contributed by atoms with Crippen LogP contribution in [0.4, 0.5) is 0 Å². The molecule has 2 aromatic carbocycles. The number of rotatable bonds is 0. The van der Waals surface area contributed by atoms with Crippen molar-refractivity contribution in [2.24, 2.45) is 5.16 Å². The number of aryl methyl sites for hydroxylation is 2. The van der Waals surface area contributed by atoms with E-state index in [-0.39, 0.29) is 0 Å². The van der Waals surface area contributed by atoms with Crippen LogP contribution >= 0.6 is 0 Å². The van der Waals surface area contributed by atoms with Crippen LogP contribution in [0, 0.1) is 0 Å². The third-order valence-electron chi connectivity index (χ3n) is 3.54. The van der Waals surface area contributed by atoms with Crippen molar-refractivity contribution < 1.29 is 5.21 Å². The Morgan fingerprint density at radius 2 is 1.28 bits per heavy atom. The molecule has 0 amide bonds. The zero-order valence-corrected chi connectivity index (χ0v) is 10.1. The third-order valence-corrected chi connectivity index (χ3v) is 3.54. The molecule has 1 aliphatic carbocycles. The summed E-state index contributed by atoms with van der Waals surface area (Å²) in [4.78, 5) is 0. The number of hydrogen-bond donors (Lipinski definition) is 1. The molecule has 3 rings (SSSR count). The topological polar surface area (TPSA) is 32.6 Å². The number of benzene rings is 2. The summed E-state index contributed by atoms with van der Waals surface area (Å²) in [5.41, 5.74) is 5.32. The fourth-order valence-electron chi connectivity index (χ4n) is 2.66. The van der Waals surface area contributed by atoms with Crippen LogP contribution in [-0.4, -0.2) is 10.9 Å². The highest BCUT2D eigenvalue weighted by Gasteiger charge is 2.17. The van der Waals surface area contributed by atoms with Gasteiger partial charge in [0.15, 0.2) is 0 Å². The van der Waals surface area contributed by atoms with E-state index < -0.39 is 0 Å². The monoisotopic (exact) mass is 237 g/mol. The van der Waals surface area contributed by atoms with E-state index in [1.54, 1.807) is 0 Å². The van der Waals surface area contributed by atoms with Crippen LogP contribution < -0.4 is 0 Å². The Hall–Kier alpha value is -2.09. The van der Waals surface area contributed by atoms with Crippen LogP contribution in [0.5, 0.6) is 0 Å². The molecule has 90 valence electrons. The summed E-state index contributed by atoms with van der Waals surface area (Å²) >= 11 is 0. The Labute approximate surface area is 107 Å². The van der Waals surface area contributed by atoms with Crippen LogP contribution in [0.15, 0.2) is 53.7 Å². The summed E-state index contributed by atoms with van der Waals surface area (Å²) in [5.74, 6) is 0. The molecule has 1 aliphatic rings. The van der Waals surface area contributed by atoms with Crippen molar-refractivity contribution in [2.45, 2.75) is 19.3 Å². The lowest BCUT2D eigenvalue weighted by Gasteiger charge is -2.17. The van der Waals surface area contributed by atoms with Crippen LogP contribution in [0.3, 0.4) is 0 Å². The maximum Gasteiger partial charge on any atom is 0.117 e. The highest BCUT2D eigenvalue weighted by atomic mass is 16.4. The number of hydrogen-bond acceptors (Lipinski definition) is 2. The first-order valence-electron chi connectivity index (χ1n) is 6.29. The predicted molar refractivity (Wildman–Crippen MR) is 72.3 cm³/mol. The average molecular weight is 237 g/mol. The molecule has 1 N–H and O–H groups in total. The van der Waals surface area contributed by atoms with Gasteiger partial charge in [-0.15, -0.1) is 0 Å². The lowest BCUT2D eigenvalue weighted by Crippen LogP contribution is -2.13. The highest BCUT2D eigenvalue weighted by Crippen LogP contribution is 2.24. The normalized spacial score (nSPS) is 14.1. The fourth-order valence-corrected chi connectivity index (χ4v) is 2.66. The molecule has 0 heterocycles. The minimum absolute atomic E-state index is 0.695. The lowest BCUT2D eigenvalue weighted by atomic mass is 9.87. The average Bonchev–Trinajstić information content (AvgIpc) is 2.40. The van der Waals surface area contributed by atoms with E-state index in [9.17, 15) is 5.21 Å². The van der Waals surface area contributed by atoms with Gasteiger partial charge in [0, 0.05) is 11.1 Å². The molecule has 0 bridgehead atoms. The second kappa shape index (κ2) is 4.65. The maximum absolute atomic E-state index is 9.39. The second-order valence-electron chi connectivity index (χ2n) is 4.62. The van der Waals surface area contributed by atoms with E-state index in [0.717, 1.165) is 30.4 Å². The molecule has 0 aromatic heterocycles. The highest BCUT2D eigenvalue weighted by molar-refractivity contribution is 6.14. The minimum Gasteiger partial charge on any atom is -0.410 e. The summed E-state index contributed by atoms with van der Waals surface area (Å²) in [6.45, 7) is 0. The van der Waals surface area contributed by atoms with Crippen molar-refractivity contribution in [3.8, 4) is 0 Å². The minimum atomic E-state index is 0.695. The SMILES string of the molecule is ON=C1c2ccccc2CCCc2ccccc21. The molecule has 2 heteroatoms. The van der Waals surface area contributed by atoms with Gasteiger partial charge in [-0.3, -0.25) is 0 Å². The maximum atomic E-state index is 9.39. The second-order valence-corrected chi connectivity index (χ2v) is 4.62. The van der Waals surface area contributed by atoms with Crippen molar-refractivity contribution in [3.05, 3.63) is 70.8 Å². The number of fused-ring (bicyclic) bond motifs is 2. The van der Waals surface area contributed by atoms with Crippen molar-refractivity contribution in [1.82, 2.24) is 0 Å². The van der Waals surface area contributed by atoms with Gasteiger partial charge >= 0.3 is 0 Å². The van der Waals surface area contributed by atoms with Gasteiger partial charge in [-0.1, -0.05) is 53.7 Å². The molecule has 18 heavy (non-hydrogen) atoms. The molecular formula is C16H15NO. The zero-order chi connectivity index (χ0) is 12.4. The van der Waals surface area contributed by atoms with Gasteiger partial charge in [0.25, 0.3) is 0 Å². The predicted octanol–water partition coefficient (Wildman–Crippen LogP) is 3.40. The lowest BCUT2D eigenvalue weighted by molar-refractivity contribution is 0.319. The van der Waals surface area contributed by atoms with Gasteiger partial charge in [0.05, 0.1) is 0 Å². The quantitative estimate of drug-likeness (QED) is 0.552. The molecule has 0 saturated heterocycles. The smallest absolute Gasteiger partial charge is 0.117 e. The standard InChI is InChI=1S/C16H15NO/c18-17-16-14-10-3-1-6-12(14)8-5-9-13-7-2-4-11-15(13)16/h1-4,6-7,10-11,18H,5,8-9H2. The van der Waals surface area contributed by atoms with E-state index in [4.69, 9.17) is 0 Å². The first kappa shape index (κ1) is 11.0. The van der Waals surface area contributed by atoms with E-state index >= 15 is 0 Å². The summed E-state index contributed by atoms with van der Waals surface area (Å²) < 4.78 is 0. The largest absolute Gasteiger partial charge is 0.410 e. The molecule has 0 radical (unpaired) electrons. The molecule has 0 spiro atoms. The Kier molecular flexibility index (Phi) is 2.85. The molecule has 0 aliphatic heterocycles. The van der Waals surface area contributed by atoms with Crippen LogP contribution in [-0.2, 0) is 12.8 Å². The summed E-state index contributed by atoms with van der Waals surface area (Å²) in [5, 5.41) is 12.9. The van der Waals surface area contributed by atoms with E-state index in [2.05, 4.69) is 17.3 Å². The van der Waals surface area contributed by atoms with Crippen molar-refractivity contribution in [1.29, 1.82) is 0 Å². The molecule has 0 fully saturated rings. The molecule has 2 aromatic rings. The van der Waals surface area contributed by atoms with Gasteiger partial charge in [0.2, 0.25) is 0 Å². The van der Waals surface area contributed by atoms with Gasteiger partial charge < -0.3 is 5.21 Å². The molecule has 2 nitrogen and oxygen atoms in total. The summed E-state index contributed by atoms with van der Waals surface area (Å²) in [6, 6.07) is 16.4. The number of nitrogens with zero attached hydrogens (tertiary/aromatic N) is 1. The first-order chi connectivity index (χ1) is 8.90. The molecular weight excluding hydrogens is 222 g/mol. The molecule has 0 atom stereocenters. The Morgan fingerprint density at radius 1 is 0.778 bits per heavy atom. The third kappa shape index (κ3) is 1.80. The van der Waals surface area contributed by atoms with E-state index in [0.29, 0.717) is 5.71 Å². The van der Waals surface area contributed by atoms with Crippen LogP contribution in [0.1, 0.15) is 28.7 Å². The van der Waals surface area contributed by atoms with Crippen LogP contribution in [0.25, 0.3) is 0 Å². The Morgan fingerprint density at radius 3 is 1.78 bits per heavy atom. The van der Waals surface area contributed by atoms with Gasteiger partial charge in [-0.2, -0.15) is 0 Å². The fraction of sp³-hybridized carbons (Fsp3) is 0.188. The Balaban J connectivity index is 2.23.